The molecule has 0 unspecified atom stereocenters. The number of hydrogen-bond acceptors (Lipinski definition) is 5. The van der Waals surface area contributed by atoms with Crippen LogP contribution in [-0.4, -0.2) is 35.4 Å². The van der Waals surface area contributed by atoms with Crippen molar-refractivity contribution in [2.24, 2.45) is 46.3 Å². The lowest BCUT2D eigenvalue weighted by Crippen LogP contribution is -2.56. The lowest BCUT2D eigenvalue weighted by Gasteiger charge is -2.59. The van der Waals surface area contributed by atoms with Crippen molar-refractivity contribution in [1.29, 1.82) is 0 Å². The van der Waals surface area contributed by atoms with Crippen LogP contribution in [0, 0.1) is 46.3 Å². The highest BCUT2D eigenvalue weighted by Crippen LogP contribution is 2.67. The number of esters is 2. The number of allylic oxidation sites excluding steroid dienone is 1. The molecule has 5 heteroatoms. The number of rotatable bonds is 8. The Bertz CT molecular complexity index is 1130. The number of hydrogen-bond donors (Lipinski definition) is 1. The zero-order chi connectivity index (χ0) is 29.5. The van der Waals surface area contributed by atoms with Crippen LogP contribution in [0.3, 0.4) is 0 Å². The molecule has 5 nitrogen and oxygen atoms in total. The monoisotopic (exact) mass is 564 g/mol. The predicted octanol–water partition coefficient (Wildman–Crippen LogP) is 7.77. The lowest BCUT2D eigenvalue weighted by atomic mass is 9.46. The fraction of sp³-hybridized carbons (Fsp3) is 0.722. The van der Waals surface area contributed by atoms with E-state index in [-0.39, 0.29) is 35.5 Å². The number of carbonyl (C=O) groups excluding carboxylic acids is 2. The summed E-state index contributed by atoms with van der Waals surface area (Å²) in [6.45, 7) is 13.1. The molecule has 3 saturated carbocycles. The second-order valence-corrected chi connectivity index (χ2v) is 14.6. The minimum absolute atomic E-state index is 0.0728. The molecule has 1 aromatic rings. The van der Waals surface area contributed by atoms with Gasteiger partial charge in [0.1, 0.15) is 12.2 Å². The molecular weight excluding hydrogens is 512 g/mol. The minimum Gasteiger partial charge on any atom is -0.462 e. The average Bonchev–Trinajstić information content (AvgIpc) is 3.29. The van der Waals surface area contributed by atoms with Crippen molar-refractivity contribution < 1.29 is 24.2 Å². The van der Waals surface area contributed by atoms with Crippen LogP contribution in [0.15, 0.2) is 42.0 Å². The summed E-state index contributed by atoms with van der Waals surface area (Å²) in [6, 6.07) is 9.33. The first-order valence-electron chi connectivity index (χ1n) is 16.3. The smallest absolute Gasteiger partial charge is 0.338 e. The first-order chi connectivity index (χ1) is 19.4. The van der Waals surface area contributed by atoms with Gasteiger partial charge in [-0.15, -0.1) is 0 Å². The molecule has 0 spiro atoms. The molecule has 0 aromatic heterocycles. The van der Waals surface area contributed by atoms with Gasteiger partial charge in [-0.25, -0.2) is 4.79 Å². The molecule has 4 aliphatic carbocycles. The Kier molecular flexibility index (Phi) is 8.77. The molecule has 0 heterocycles. The van der Waals surface area contributed by atoms with E-state index >= 15 is 0 Å². The molecule has 3 fully saturated rings. The number of aliphatic hydroxyl groups excluding tert-OH is 1. The number of carbonyl (C=O) groups is 2. The summed E-state index contributed by atoms with van der Waals surface area (Å²) in [4.78, 5) is 24.4. The summed E-state index contributed by atoms with van der Waals surface area (Å²) in [5, 5.41) is 11.5. The molecule has 1 N–H and O–H groups in total. The van der Waals surface area contributed by atoms with Gasteiger partial charge in [0.2, 0.25) is 0 Å². The molecule has 1 aromatic carbocycles. The van der Waals surface area contributed by atoms with E-state index in [2.05, 4.69) is 40.7 Å². The van der Waals surface area contributed by atoms with Gasteiger partial charge in [-0.05, 0) is 98.0 Å². The van der Waals surface area contributed by atoms with Gasteiger partial charge in [0.25, 0.3) is 0 Å². The highest BCUT2D eigenvalue weighted by atomic mass is 16.5. The zero-order valence-corrected chi connectivity index (χ0v) is 26.1. The molecule has 226 valence electrons. The first-order valence-corrected chi connectivity index (χ1v) is 16.3. The number of aliphatic hydroxyl groups is 1. The number of ether oxygens (including phenoxy) is 2. The van der Waals surface area contributed by atoms with E-state index in [9.17, 15) is 14.7 Å². The van der Waals surface area contributed by atoms with Gasteiger partial charge >= 0.3 is 11.9 Å². The van der Waals surface area contributed by atoms with Crippen molar-refractivity contribution in [2.75, 3.05) is 0 Å². The Balaban J connectivity index is 1.25. The van der Waals surface area contributed by atoms with Crippen molar-refractivity contribution in [3.8, 4) is 0 Å². The van der Waals surface area contributed by atoms with E-state index in [0.29, 0.717) is 47.0 Å². The van der Waals surface area contributed by atoms with E-state index in [4.69, 9.17) is 9.47 Å². The van der Waals surface area contributed by atoms with E-state index in [1.807, 2.05) is 30.3 Å². The van der Waals surface area contributed by atoms with Crippen molar-refractivity contribution in [1.82, 2.24) is 0 Å². The van der Waals surface area contributed by atoms with E-state index in [1.54, 1.807) is 0 Å². The molecule has 10 atom stereocenters. The van der Waals surface area contributed by atoms with Crippen LogP contribution in [0.4, 0.5) is 0 Å². The Morgan fingerprint density at radius 2 is 1.76 bits per heavy atom. The summed E-state index contributed by atoms with van der Waals surface area (Å²) in [6.07, 6.45) is 11.0. The fourth-order valence-corrected chi connectivity index (χ4v) is 9.92. The molecular formula is C36H52O5. The zero-order valence-electron chi connectivity index (χ0n) is 26.1. The van der Waals surface area contributed by atoms with Crippen molar-refractivity contribution >= 4 is 11.9 Å². The SMILES string of the molecule is CC(=O)O[C@@H]1CC2=CC[C@H]3[C@@H]4CC[C@H]([C@H](C)CC[C@H](OC(=O)c5ccccc5)C(C)C)[C@@]4(C)CC[C@@H]3[C@@]2(C)[C@@H](O)C1. The summed E-state index contributed by atoms with van der Waals surface area (Å²) < 4.78 is 11.6. The maximum Gasteiger partial charge on any atom is 0.338 e. The minimum atomic E-state index is -0.466. The van der Waals surface area contributed by atoms with Gasteiger partial charge in [-0.2, -0.15) is 0 Å². The molecule has 0 amide bonds. The van der Waals surface area contributed by atoms with Crippen molar-refractivity contribution in [3.05, 3.63) is 47.5 Å². The lowest BCUT2D eigenvalue weighted by molar-refractivity contribution is -0.154. The van der Waals surface area contributed by atoms with E-state index < -0.39 is 6.10 Å². The normalized spacial score (nSPS) is 37.7. The van der Waals surface area contributed by atoms with Crippen LogP contribution in [0.5, 0.6) is 0 Å². The second-order valence-electron chi connectivity index (χ2n) is 14.6. The number of fused-ring (bicyclic) bond motifs is 5. The van der Waals surface area contributed by atoms with Gasteiger partial charge < -0.3 is 14.6 Å². The van der Waals surface area contributed by atoms with Crippen LogP contribution in [0.2, 0.25) is 0 Å². The molecule has 0 saturated heterocycles. The predicted molar refractivity (Wildman–Crippen MR) is 161 cm³/mol. The molecule has 4 aliphatic rings. The summed E-state index contributed by atoms with van der Waals surface area (Å²) in [7, 11) is 0. The van der Waals surface area contributed by atoms with Gasteiger partial charge in [-0.1, -0.05) is 64.5 Å². The average molecular weight is 565 g/mol. The van der Waals surface area contributed by atoms with E-state index in [0.717, 1.165) is 32.1 Å². The van der Waals surface area contributed by atoms with Crippen molar-refractivity contribution in [3.63, 3.8) is 0 Å². The Morgan fingerprint density at radius 3 is 2.44 bits per heavy atom. The third-order valence-electron chi connectivity index (χ3n) is 12.2. The largest absolute Gasteiger partial charge is 0.462 e. The van der Waals surface area contributed by atoms with Gasteiger partial charge in [-0.3, -0.25) is 4.79 Å². The maximum atomic E-state index is 12.8. The van der Waals surface area contributed by atoms with Crippen LogP contribution < -0.4 is 0 Å². The summed E-state index contributed by atoms with van der Waals surface area (Å²) in [5.41, 5.74) is 2.05. The Morgan fingerprint density at radius 1 is 1.02 bits per heavy atom. The molecule has 5 rings (SSSR count). The van der Waals surface area contributed by atoms with Crippen LogP contribution >= 0.6 is 0 Å². The summed E-state index contributed by atoms with van der Waals surface area (Å²) in [5.74, 6) is 2.84. The third-order valence-corrected chi connectivity index (χ3v) is 12.2. The molecule has 0 bridgehead atoms. The third kappa shape index (κ3) is 5.65. The van der Waals surface area contributed by atoms with Crippen LogP contribution in [0.1, 0.15) is 110 Å². The van der Waals surface area contributed by atoms with E-state index in [1.165, 1.54) is 31.8 Å². The highest BCUT2D eigenvalue weighted by Gasteiger charge is 2.61. The Labute approximate surface area is 247 Å². The fourth-order valence-electron chi connectivity index (χ4n) is 9.92. The van der Waals surface area contributed by atoms with Gasteiger partial charge in [0.05, 0.1) is 11.7 Å². The standard InChI is InChI=1S/C36H52O5/c1-22(2)32(41-34(39)25-10-8-7-9-11-25)17-12-23(3)29-15-16-30-28-14-13-26-20-27(40-24(4)37)21-33(38)36(26,6)31(28)18-19-35(29,30)5/h7-11,13,22-23,27-33,38H,12,14-21H2,1-6H3/t23-,27-,28+,29-,30+,31+,32+,33+,35-,36+/m1/s1. The van der Waals surface area contributed by atoms with Crippen molar-refractivity contribution in [2.45, 2.75) is 118 Å². The van der Waals surface area contributed by atoms with Gasteiger partial charge in [0, 0.05) is 25.2 Å². The second kappa shape index (κ2) is 11.9. The quantitative estimate of drug-likeness (QED) is 0.258. The maximum absolute atomic E-state index is 12.8. The number of benzene rings is 1. The molecule has 0 aliphatic heterocycles. The first kappa shape index (κ1) is 30.3. The Hall–Kier alpha value is -2.14. The molecule has 0 radical (unpaired) electrons. The van der Waals surface area contributed by atoms with Gasteiger partial charge in [0.15, 0.2) is 0 Å². The highest BCUT2D eigenvalue weighted by molar-refractivity contribution is 5.89. The van der Waals surface area contributed by atoms with Crippen LogP contribution in [0.25, 0.3) is 0 Å². The van der Waals surface area contributed by atoms with Crippen LogP contribution in [-0.2, 0) is 14.3 Å². The summed E-state index contributed by atoms with van der Waals surface area (Å²) >= 11 is 0. The molecule has 41 heavy (non-hydrogen) atoms. The topological polar surface area (TPSA) is 72.8 Å².